The Hall–Kier alpha value is -3.34. The van der Waals surface area contributed by atoms with E-state index in [9.17, 15) is 0 Å². The summed E-state index contributed by atoms with van der Waals surface area (Å²) in [5.74, 6) is 1.90. The first-order valence-corrected chi connectivity index (χ1v) is 8.68. The van der Waals surface area contributed by atoms with Gasteiger partial charge in [-0.15, -0.1) is 0 Å². The lowest BCUT2D eigenvalue weighted by Crippen LogP contribution is -2.02. The Morgan fingerprint density at radius 3 is 1.78 bits per heavy atom. The third-order valence-electron chi connectivity index (χ3n) is 4.17. The van der Waals surface area contributed by atoms with E-state index in [1.165, 1.54) is 0 Å². The summed E-state index contributed by atoms with van der Waals surface area (Å²) in [5, 5.41) is 6.79. The van der Waals surface area contributed by atoms with Crippen molar-refractivity contribution >= 4 is 17.1 Å². The van der Waals surface area contributed by atoms with Gasteiger partial charge in [-0.1, -0.05) is 18.2 Å². The molecule has 140 valence electrons. The quantitative estimate of drug-likeness (QED) is 0.584. The van der Waals surface area contributed by atoms with E-state index in [2.05, 4.69) is 10.6 Å². The minimum absolute atomic E-state index is 0.597. The number of methoxy groups -OCH3 is 3. The Morgan fingerprint density at radius 1 is 0.667 bits per heavy atom. The molecule has 0 amide bonds. The van der Waals surface area contributed by atoms with E-state index in [-0.39, 0.29) is 0 Å². The fourth-order valence-electron chi connectivity index (χ4n) is 2.80. The Kier molecular flexibility index (Phi) is 6.05. The molecular weight excluding hydrogens is 340 g/mol. The van der Waals surface area contributed by atoms with Crippen molar-refractivity contribution in [2.75, 3.05) is 32.0 Å². The predicted octanol–water partition coefficient (Wildman–Crippen LogP) is 5.07. The highest BCUT2D eigenvalue weighted by Gasteiger charge is 2.12. The molecule has 0 saturated carbocycles. The topological polar surface area (TPSA) is 51.8 Å². The molecule has 0 atom stereocenters. The van der Waals surface area contributed by atoms with Crippen LogP contribution >= 0.6 is 0 Å². The maximum absolute atomic E-state index is 5.40. The van der Waals surface area contributed by atoms with Gasteiger partial charge in [0.05, 0.1) is 21.3 Å². The van der Waals surface area contributed by atoms with E-state index >= 15 is 0 Å². The Labute approximate surface area is 159 Å². The number of para-hydroxylation sites is 1. The molecule has 0 fully saturated rings. The molecule has 27 heavy (non-hydrogen) atoms. The Bertz CT molecular complexity index is 839. The molecular formula is C22H24N2O3. The first-order chi connectivity index (χ1) is 13.2. The molecule has 3 aromatic carbocycles. The molecule has 2 N–H and O–H groups in total. The van der Waals surface area contributed by atoms with Crippen LogP contribution in [0, 0.1) is 0 Å². The lowest BCUT2D eigenvalue weighted by molar-refractivity contribution is 0.324. The van der Waals surface area contributed by atoms with Crippen LogP contribution < -0.4 is 24.8 Å². The highest BCUT2D eigenvalue weighted by Crippen LogP contribution is 2.38. The number of benzene rings is 3. The van der Waals surface area contributed by atoms with E-state index in [1.807, 2.05) is 66.7 Å². The molecule has 0 aliphatic rings. The summed E-state index contributed by atoms with van der Waals surface area (Å²) in [6, 6.07) is 22.2. The van der Waals surface area contributed by atoms with Crippen LogP contribution in [0.4, 0.5) is 17.1 Å². The molecule has 0 aromatic heterocycles. The van der Waals surface area contributed by atoms with Crippen molar-refractivity contribution in [2.45, 2.75) is 6.54 Å². The smallest absolute Gasteiger partial charge is 0.203 e. The van der Waals surface area contributed by atoms with Crippen molar-refractivity contribution in [1.29, 1.82) is 0 Å². The van der Waals surface area contributed by atoms with Crippen molar-refractivity contribution in [3.63, 3.8) is 0 Å². The summed E-state index contributed by atoms with van der Waals surface area (Å²) in [6.07, 6.45) is 0. The summed E-state index contributed by atoms with van der Waals surface area (Å²) in [6.45, 7) is 0.641. The van der Waals surface area contributed by atoms with Crippen LogP contribution in [0.25, 0.3) is 0 Å². The minimum atomic E-state index is 0.597. The Balaban J connectivity index is 1.66. The van der Waals surface area contributed by atoms with Gasteiger partial charge >= 0.3 is 0 Å². The summed E-state index contributed by atoms with van der Waals surface area (Å²) in [5.41, 5.74) is 4.17. The molecule has 3 aromatic rings. The van der Waals surface area contributed by atoms with Crippen molar-refractivity contribution in [3.8, 4) is 17.2 Å². The van der Waals surface area contributed by atoms with E-state index < -0.39 is 0 Å². The summed E-state index contributed by atoms with van der Waals surface area (Å²) < 4.78 is 16.2. The number of rotatable bonds is 8. The highest BCUT2D eigenvalue weighted by molar-refractivity contribution is 5.62. The second-order valence-electron chi connectivity index (χ2n) is 5.96. The van der Waals surface area contributed by atoms with Gasteiger partial charge in [0.15, 0.2) is 11.5 Å². The van der Waals surface area contributed by atoms with Crippen LogP contribution in [0.15, 0.2) is 66.7 Å². The van der Waals surface area contributed by atoms with Crippen molar-refractivity contribution < 1.29 is 14.2 Å². The monoisotopic (exact) mass is 364 g/mol. The molecule has 0 aliphatic carbocycles. The number of anilines is 3. The molecule has 5 heteroatoms. The lowest BCUT2D eigenvalue weighted by Gasteiger charge is -2.15. The zero-order chi connectivity index (χ0) is 19.1. The van der Waals surface area contributed by atoms with E-state index in [0.717, 1.165) is 22.6 Å². The molecule has 5 nitrogen and oxygen atoms in total. The largest absolute Gasteiger partial charge is 0.493 e. The van der Waals surface area contributed by atoms with E-state index in [4.69, 9.17) is 14.2 Å². The van der Waals surface area contributed by atoms with Crippen molar-refractivity contribution in [3.05, 3.63) is 72.3 Å². The highest BCUT2D eigenvalue weighted by atomic mass is 16.5. The van der Waals surface area contributed by atoms with Gasteiger partial charge in [-0.05, 0) is 54.1 Å². The van der Waals surface area contributed by atoms with Crippen LogP contribution in [0.1, 0.15) is 5.56 Å². The predicted molar refractivity (Wildman–Crippen MR) is 110 cm³/mol. The molecule has 0 radical (unpaired) electrons. The summed E-state index contributed by atoms with van der Waals surface area (Å²) >= 11 is 0. The van der Waals surface area contributed by atoms with Gasteiger partial charge in [0.2, 0.25) is 5.75 Å². The van der Waals surface area contributed by atoms with Crippen LogP contribution in [-0.4, -0.2) is 21.3 Å². The molecule has 0 aliphatic heterocycles. The van der Waals surface area contributed by atoms with Gasteiger partial charge in [0, 0.05) is 23.6 Å². The molecule has 0 saturated heterocycles. The molecule has 0 unspecified atom stereocenters. The summed E-state index contributed by atoms with van der Waals surface area (Å²) in [4.78, 5) is 0. The SMILES string of the molecule is COc1cc(CNc2ccc(Nc3ccccc3)cc2)cc(OC)c1OC. The van der Waals surface area contributed by atoms with Gasteiger partial charge in [-0.2, -0.15) is 0 Å². The van der Waals surface area contributed by atoms with E-state index in [1.54, 1.807) is 21.3 Å². The molecule has 0 bridgehead atoms. The lowest BCUT2D eigenvalue weighted by atomic mass is 10.1. The number of hydrogen-bond donors (Lipinski definition) is 2. The first-order valence-electron chi connectivity index (χ1n) is 8.68. The van der Waals surface area contributed by atoms with Gasteiger partial charge < -0.3 is 24.8 Å². The van der Waals surface area contributed by atoms with Crippen LogP contribution in [-0.2, 0) is 6.54 Å². The number of hydrogen-bond acceptors (Lipinski definition) is 5. The van der Waals surface area contributed by atoms with Gasteiger partial charge in [-0.3, -0.25) is 0 Å². The van der Waals surface area contributed by atoms with Crippen molar-refractivity contribution in [1.82, 2.24) is 0 Å². The second-order valence-corrected chi connectivity index (χ2v) is 5.96. The number of nitrogens with one attached hydrogen (secondary N) is 2. The maximum atomic E-state index is 5.40. The van der Waals surface area contributed by atoms with Crippen LogP contribution in [0.5, 0.6) is 17.2 Å². The molecule has 0 spiro atoms. The fraction of sp³-hybridized carbons (Fsp3) is 0.182. The molecule has 0 heterocycles. The first kappa shape index (κ1) is 18.5. The third-order valence-corrected chi connectivity index (χ3v) is 4.17. The van der Waals surface area contributed by atoms with Gasteiger partial charge in [0.1, 0.15) is 0 Å². The zero-order valence-corrected chi connectivity index (χ0v) is 15.8. The normalized spacial score (nSPS) is 10.2. The average molecular weight is 364 g/mol. The number of ether oxygens (including phenoxy) is 3. The fourth-order valence-corrected chi connectivity index (χ4v) is 2.80. The van der Waals surface area contributed by atoms with Crippen molar-refractivity contribution in [2.24, 2.45) is 0 Å². The van der Waals surface area contributed by atoms with Gasteiger partial charge in [-0.25, -0.2) is 0 Å². The maximum Gasteiger partial charge on any atom is 0.203 e. The average Bonchev–Trinajstić information content (AvgIpc) is 2.73. The summed E-state index contributed by atoms with van der Waals surface area (Å²) in [7, 11) is 4.84. The Morgan fingerprint density at radius 2 is 1.22 bits per heavy atom. The minimum Gasteiger partial charge on any atom is -0.493 e. The third kappa shape index (κ3) is 4.64. The van der Waals surface area contributed by atoms with Crippen LogP contribution in [0.2, 0.25) is 0 Å². The zero-order valence-electron chi connectivity index (χ0n) is 15.8. The van der Waals surface area contributed by atoms with E-state index in [0.29, 0.717) is 23.8 Å². The van der Waals surface area contributed by atoms with Crippen LogP contribution in [0.3, 0.4) is 0 Å². The second kappa shape index (κ2) is 8.85. The van der Waals surface area contributed by atoms with Gasteiger partial charge in [0.25, 0.3) is 0 Å². The molecule has 3 rings (SSSR count). The standard InChI is InChI=1S/C22H24N2O3/c1-25-20-13-16(14-21(26-2)22(20)27-3)15-23-17-9-11-19(12-10-17)24-18-7-5-4-6-8-18/h4-14,23-24H,15H2,1-3H3.